The van der Waals surface area contributed by atoms with E-state index in [2.05, 4.69) is 34.4 Å². The number of aromatic amines is 1. The third-order valence-corrected chi connectivity index (χ3v) is 5.09. The minimum atomic E-state index is 0.428. The third-order valence-electron chi connectivity index (χ3n) is 5.09. The van der Waals surface area contributed by atoms with Crippen LogP contribution in [0.4, 0.5) is 0 Å². The predicted molar refractivity (Wildman–Crippen MR) is 107 cm³/mol. The zero-order valence-corrected chi connectivity index (χ0v) is 15.9. The Bertz CT molecular complexity index is 916. The molecule has 1 fully saturated rings. The van der Waals surface area contributed by atoms with Gasteiger partial charge in [-0.25, -0.2) is 4.68 Å². The lowest BCUT2D eigenvalue weighted by Gasteiger charge is -2.16. The first-order valence-electron chi connectivity index (χ1n) is 9.53. The van der Waals surface area contributed by atoms with E-state index in [0.29, 0.717) is 6.04 Å². The molecule has 0 atom stereocenters. The van der Waals surface area contributed by atoms with Crippen LogP contribution in [-0.2, 0) is 0 Å². The van der Waals surface area contributed by atoms with E-state index in [1.54, 1.807) is 11.8 Å². The predicted octanol–water partition coefficient (Wildman–Crippen LogP) is 4.33. The number of rotatable bonds is 5. The number of aromatic nitrogens is 4. The molecule has 2 heterocycles. The Morgan fingerprint density at radius 1 is 1.19 bits per heavy atom. The summed E-state index contributed by atoms with van der Waals surface area (Å²) in [5.74, 6) is 0.773. The highest BCUT2D eigenvalue weighted by Gasteiger charge is 2.14. The second-order valence-electron chi connectivity index (χ2n) is 7.12. The second-order valence-corrected chi connectivity index (χ2v) is 7.12. The summed E-state index contributed by atoms with van der Waals surface area (Å²) in [5.41, 5.74) is 4.72. The fourth-order valence-electron chi connectivity index (χ4n) is 3.48. The summed E-state index contributed by atoms with van der Waals surface area (Å²) < 4.78 is 7.29. The van der Waals surface area contributed by atoms with Crippen LogP contribution < -0.4 is 4.74 Å². The van der Waals surface area contributed by atoms with Gasteiger partial charge in [-0.2, -0.15) is 0 Å². The van der Waals surface area contributed by atoms with Gasteiger partial charge >= 0.3 is 0 Å². The summed E-state index contributed by atoms with van der Waals surface area (Å²) >= 11 is 0. The average molecular weight is 363 g/mol. The lowest BCUT2D eigenvalue weighted by atomic mass is 9.96. The Labute approximate surface area is 159 Å². The van der Waals surface area contributed by atoms with E-state index < -0.39 is 0 Å². The molecule has 6 nitrogen and oxygen atoms in total. The maximum Gasteiger partial charge on any atom is 0.146 e. The van der Waals surface area contributed by atoms with Crippen LogP contribution in [0.3, 0.4) is 0 Å². The van der Waals surface area contributed by atoms with Crippen molar-refractivity contribution in [3.05, 3.63) is 47.8 Å². The van der Waals surface area contributed by atoms with Gasteiger partial charge in [-0.15, -0.1) is 5.10 Å². The Kier molecular flexibility index (Phi) is 5.05. The van der Waals surface area contributed by atoms with Crippen molar-refractivity contribution in [3.63, 3.8) is 0 Å². The summed E-state index contributed by atoms with van der Waals surface area (Å²) in [7, 11) is 1.67. The van der Waals surface area contributed by atoms with Gasteiger partial charge in [0.1, 0.15) is 11.4 Å². The molecule has 1 aliphatic carbocycles. The summed E-state index contributed by atoms with van der Waals surface area (Å²) in [6, 6.07) is 10.6. The number of nitrogens with zero attached hydrogens (tertiary/aromatic N) is 4. The first kappa shape index (κ1) is 17.5. The van der Waals surface area contributed by atoms with Crippen molar-refractivity contribution in [1.82, 2.24) is 20.0 Å². The molecule has 0 spiro atoms. The maximum absolute atomic E-state index is 5.51. The normalized spacial score (nSPS) is 15.5. The molecule has 0 unspecified atom stereocenters. The largest absolute Gasteiger partial charge is 0.494 e. The van der Waals surface area contributed by atoms with E-state index in [9.17, 15) is 0 Å². The monoisotopic (exact) mass is 363 g/mol. The molecule has 1 saturated carbocycles. The van der Waals surface area contributed by atoms with Crippen molar-refractivity contribution in [2.24, 2.45) is 4.99 Å². The highest BCUT2D eigenvalue weighted by molar-refractivity contribution is 5.83. The van der Waals surface area contributed by atoms with Crippen molar-refractivity contribution in [2.75, 3.05) is 7.11 Å². The van der Waals surface area contributed by atoms with Crippen molar-refractivity contribution in [2.45, 2.75) is 45.1 Å². The maximum atomic E-state index is 5.51. The van der Waals surface area contributed by atoms with Crippen LogP contribution in [0.25, 0.3) is 17.1 Å². The highest BCUT2D eigenvalue weighted by atomic mass is 16.5. The van der Waals surface area contributed by atoms with E-state index in [4.69, 9.17) is 9.73 Å². The van der Waals surface area contributed by atoms with Crippen LogP contribution in [0, 0.1) is 6.92 Å². The Balaban J connectivity index is 1.56. The Morgan fingerprint density at radius 3 is 2.70 bits per heavy atom. The average Bonchev–Trinajstić information content (AvgIpc) is 3.35. The van der Waals surface area contributed by atoms with E-state index in [-0.39, 0.29) is 0 Å². The van der Waals surface area contributed by atoms with Crippen LogP contribution in [0.5, 0.6) is 5.75 Å². The zero-order valence-electron chi connectivity index (χ0n) is 15.9. The van der Waals surface area contributed by atoms with Crippen LogP contribution >= 0.6 is 0 Å². The van der Waals surface area contributed by atoms with Gasteiger partial charge in [-0.3, -0.25) is 4.99 Å². The molecule has 140 valence electrons. The number of aryl methyl sites for hydroxylation is 1. The fourth-order valence-corrected chi connectivity index (χ4v) is 3.48. The van der Waals surface area contributed by atoms with Gasteiger partial charge in [0.15, 0.2) is 0 Å². The third kappa shape index (κ3) is 3.94. The van der Waals surface area contributed by atoms with Gasteiger partial charge in [0.05, 0.1) is 36.4 Å². The van der Waals surface area contributed by atoms with Gasteiger partial charge < -0.3 is 9.72 Å². The van der Waals surface area contributed by atoms with Crippen molar-refractivity contribution in [1.29, 1.82) is 0 Å². The SMILES string of the molecule is COc1cc(-c2cn(-c3ccc(C)cc3)nn2)[nH]c1/C=N/C1CCCCC1. The zero-order chi connectivity index (χ0) is 18.6. The number of nitrogens with one attached hydrogen (secondary N) is 1. The Morgan fingerprint density at radius 2 is 1.96 bits per heavy atom. The van der Waals surface area contributed by atoms with Crippen LogP contribution in [0.2, 0.25) is 0 Å². The number of ether oxygens (including phenoxy) is 1. The molecule has 27 heavy (non-hydrogen) atoms. The lowest BCUT2D eigenvalue weighted by Crippen LogP contribution is -2.09. The fraction of sp³-hybridized carbons (Fsp3) is 0.381. The standard InChI is InChI=1S/C21H25N5O/c1-15-8-10-17(11-9-15)26-14-20(24-25-26)18-12-21(27-2)19(23-18)13-22-16-6-4-3-5-7-16/h8-14,16,23H,3-7H2,1-2H3/b22-13+. The summed E-state index contributed by atoms with van der Waals surface area (Å²) in [6.07, 6.45) is 10.1. The quantitative estimate of drug-likeness (QED) is 0.686. The molecular weight excluding hydrogens is 338 g/mol. The van der Waals surface area contributed by atoms with Crippen LogP contribution in [-0.4, -0.2) is 39.3 Å². The summed E-state index contributed by atoms with van der Waals surface area (Å²) in [6.45, 7) is 2.07. The molecule has 0 radical (unpaired) electrons. The summed E-state index contributed by atoms with van der Waals surface area (Å²) in [5, 5.41) is 8.55. The van der Waals surface area contributed by atoms with Gasteiger partial charge in [0, 0.05) is 12.3 Å². The van der Waals surface area contributed by atoms with Crippen molar-refractivity contribution in [3.8, 4) is 22.8 Å². The molecule has 2 aromatic heterocycles. The van der Waals surface area contributed by atoms with E-state index >= 15 is 0 Å². The van der Waals surface area contributed by atoms with Gasteiger partial charge in [0.25, 0.3) is 0 Å². The smallest absolute Gasteiger partial charge is 0.146 e. The number of H-pyrrole nitrogens is 1. The number of benzene rings is 1. The molecule has 3 aromatic rings. The number of hydrogen-bond acceptors (Lipinski definition) is 4. The molecule has 6 heteroatoms. The van der Waals surface area contributed by atoms with Crippen LogP contribution in [0.1, 0.15) is 43.4 Å². The topological polar surface area (TPSA) is 68.1 Å². The summed E-state index contributed by atoms with van der Waals surface area (Å²) in [4.78, 5) is 8.12. The van der Waals surface area contributed by atoms with Gasteiger partial charge in [-0.1, -0.05) is 42.2 Å². The number of aliphatic imine (C=N–C) groups is 1. The number of hydrogen-bond donors (Lipinski definition) is 1. The molecule has 1 aliphatic rings. The molecule has 1 N–H and O–H groups in total. The highest BCUT2D eigenvalue weighted by Crippen LogP contribution is 2.26. The molecule has 1 aromatic carbocycles. The number of methoxy groups -OCH3 is 1. The lowest BCUT2D eigenvalue weighted by molar-refractivity contribution is 0.414. The van der Waals surface area contributed by atoms with Crippen molar-refractivity contribution < 1.29 is 4.74 Å². The van der Waals surface area contributed by atoms with E-state index in [1.807, 2.05) is 30.6 Å². The second kappa shape index (κ2) is 7.78. The van der Waals surface area contributed by atoms with Gasteiger partial charge in [0.2, 0.25) is 0 Å². The molecule has 4 rings (SSSR count). The Hall–Kier alpha value is -2.89. The molecule has 0 bridgehead atoms. The van der Waals surface area contributed by atoms with Crippen molar-refractivity contribution >= 4 is 6.21 Å². The van der Waals surface area contributed by atoms with E-state index in [1.165, 1.54) is 37.7 Å². The molecule has 0 aliphatic heterocycles. The molecular formula is C21H25N5O. The first-order valence-corrected chi connectivity index (χ1v) is 9.53. The van der Waals surface area contributed by atoms with Crippen LogP contribution in [0.15, 0.2) is 41.5 Å². The molecule has 0 saturated heterocycles. The molecule has 0 amide bonds. The minimum Gasteiger partial charge on any atom is -0.494 e. The van der Waals surface area contributed by atoms with E-state index in [0.717, 1.165) is 28.5 Å². The van der Waals surface area contributed by atoms with Gasteiger partial charge in [-0.05, 0) is 31.9 Å². The first-order chi connectivity index (χ1) is 13.2. The minimum absolute atomic E-state index is 0.428.